The average molecular weight is 423 g/mol. The molecule has 3 N–H and O–H groups in total. The number of ether oxygens (including phenoxy) is 1. The molecule has 0 aliphatic carbocycles. The molecule has 2 heterocycles. The van der Waals surface area contributed by atoms with Gasteiger partial charge < -0.3 is 9.84 Å². The topological polar surface area (TPSA) is 97.1 Å². The van der Waals surface area contributed by atoms with Gasteiger partial charge in [0.1, 0.15) is 11.8 Å². The van der Waals surface area contributed by atoms with Crippen LogP contribution >= 0.6 is 15.9 Å². The first-order chi connectivity index (χ1) is 13.0. The Morgan fingerprint density at radius 2 is 2.00 bits per heavy atom. The van der Waals surface area contributed by atoms with Gasteiger partial charge in [0, 0.05) is 10.0 Å². The van der Waals surface area contributed by atoms with Crippen molar-refractivity contribution in [1.29, 1.82) is 5.26 Å². The third-order valence-corrected chi connectivity index (χ3v) is 4.92. The van der Waals surface area contributed by atoms with E-state index in [1.165, 1.54) is 0 Å². The standard InChI is InChI=1S/C20H15BrN4O2/c1-11-17-18(12-3-2-4-15(26)9-12)16(10-22)19(23)27-20(17)25(24-11)14-7-5-13(21)6-8-14/h2-9,19,26H,23H2,1H3. The number of aromatic nitrogens is 2. The van der Waals surface area contributed by atoms with Crippen LogP contribution < -0.4 is 10.5 Å². The minimum absolute atomic E-state index is 0.108. The van der Waals surface area contributed by atoms with Crippen LogP contribution in [-0.4, -0.2) is 21.1 Å². The summed E-state index contributed by atoms with van der Waals surface area (Å²) in [5.74, 6) is 0.580. The number of phenolic OH excluding ortho intramolecular Hbond substituents is 1. The lowest BCUT2D eigenvalue weighted by Gasteiger charge is -2.24. The zero-order valence-electron chi connectivity index (χ0n) is 14.3. The van der Waals surface area contributed by atoms with Gasteiger partial charge in [-0.1, -0.05) is 28.1 Å². The summed E-state index contributed by atoms with van der Waals surface area (Å²) >= 11 is 3.42. The maximum absolute atomic E-state index is 9.90. The first-order valence-electron chi connectivity index (χ1n) is 8.21. The number of rotatable bonds is 2. The fourth-order valence-corrected chi connectivity index (χ4v) is 3.46. The molecule has 0 fully saturated rings. The molecule has 134 valence electrons. The van der Waals surface area contributed by atoms with E-state index in [0.29, 0.717) is 33.8 Å². The number of benzene rings is 2. The van der Waals surface area contributed by atoms with Crippen LogP contribution in [0.2, 0.25) is 0 Å². The first-order valence-corrected chi connectivity index (χ1v) is 9.00. The second-order valence-corrected chi connectivity index (χ2v) is 7.06. The molecule has 3 aromatic rings. The van der Waals surface area contributed by atoms with Gasteiger partial charge in [0.25, 0.3) is 0 Å². The molecule has 0 saturated carbocycles. The molecule has 2 aromatic carbocycles. The molecule has 0 spiro atoms. The lowest BCUT2D eigenvalue weighted by atomic mass is 9.91. The first kappa shape index (κ1) is 17.3. The van der Waals surface area contributed by atoms with Crippen LogP contribution in [0.25, 0.3) is 11.3 Å². The Morgan fingerprint density at radius 3 is 2.67 bits per heavy atom. The molecular formula is C20H15BrN4O2. The van der Waals surface area contributed by atoms with Gasteiger partial charge in [0.15, 0.2) is 6.23 Å². The monoisotopic (exact) mass is 422 g/mol. The summed E-state index contributed by atoms with van der Waals surface area (Å²) in [6, 6.07) is 16.5. The Hall–Kier alpha value is -3.08. The van der Waals surface area contributed by atoms with Crippen LogP contribution in [0.5, 0.6) is 11.6 Å². The maximum Gasteiger partial charge on any atom is 0.226 e. The Balaban J connectivity index is 1.99. The number of nitrogens with zero attached hydrogens (tertiary/aromatic N) is 3. The van der Waals surface area contributed by atoms with Gasteiger partial charge in [-0.3, -0.25) is 5.73 Å². The van der Waals surface area contributed by atoms with Gasteiger partial charge in [0.2, 0.25) is 5.88 Å². The third-order valence-electron chi connectivity index (χ3n) is 4.39. The summed E-state index contributed by atoms with van der Waals surface area (Å²) in [5.41, 5.74) is 9.95. The summed E-state index contributed by atoms with van der Waals surface area (Å²) < 4.78 is 8.50. The number of nitriles is 1. The van der Waals surface area contributed by atoms with Crippen LogP contribution in [0.4, 0.5) is 0 Å². The summed E-state index contributed by atoms with van der Waals surface area (Å²) in [7, 11) is 0. The highest BCUT2D eigenvalue weighted by molar-refractivity contribution is 9.10. The van der Waals surface area contributed by atoms with E-state index in [4.69, 9.17) is 10.5 Å². The summed E-state index contributed by atoms with van der Waals surface area (Å²) in [5, 5.41) is 24.2. The minimum Gasteiger partial charge on any atom is -0.508 e. The Kier molecular flexibility index (Phi) is 4.22. The van der Waals surface area contributed by atoms with Gasteiger partial charge in [0.05, 0.1) is 22.5 Å². The van der Waals surface area contributed by atoms with E-state index in [1.54, 1.807) is 22.9 Å². The zero-order chi connectivity index (χ0) is 19.1. The molecule has 1 aliphatic heterocycles. The predicted octanol–water partition coefficient (Wildman–Crippen LogP) is 3.65. The SMILES string of the molecule is Cc1nn(-c2ccc(Br)cc2)c2c1C(c1cccc(O)c1)=C(C#N)C(N)O2. The molecule has 6 nitrogen and oxygen atoms in total. The molecule has 0 saturated heterocycles. The predicted molar refractivity (Wildman–Crippen MR) is 104 cm³/mol. The van der Waals surface area contributed by atoms with Crippen molar-refractivity contribution in [2.75, 3.05) is 0 Å². The molecule has 0 radical (unpaired) electrons. The van der Waals surface area contributed by atoms with Gasteiger partial charge in [-0.15, -0.1) is 0 Å². The van der Waals surface area contributed by atoms with Crippen LogP contribution in [0.3, 0.4) is 0 Å². The molecule has 7 heteroatoms. The van der Waals surface area contributed by atoms with E-state index >= 15 is 0 Å². The van der Waals surface area contributed by atoms with Crippen molar-refractivity contribution in [2.24, 2.45) is 5.73 Å². The van der Waals surface area contributed by atoms with Crippen LogP contribution in [-0.2, 0) is 0 Å². The molecule has 0 amide bonds. The van der Waals surface area contributed by atoms with Crippen molar-refractivity contribution < 1.29 is 9.84 Å². The highest BCUT2D eigenvalue weighted by atomic mass is 79.9. The molecule has 1 unspecified atom stereocenters. The van der Waals surface area contributed by atoms with E-state index in [1.807, 2.05) is 37.3 Å². The zero-order valence-corrected chi connectivity index (χ0v) is 15.9. The fraction of sp³-hybridized carbons (Fsp3) is 0.100. The number of aryl methyl sites for hydroxylation is 1. The van der Waals surface area contributed by atoms with E-state index in [2.05, 4.69) is 27.1 Å². The van der Waals surface area contributed by atoms with E-state index < -0.39 is 6.23 Å². The van der Waals surface area contributed by atoms with Crippen molar-refractivity contribution in [2.45, 2.75) is 13.2 Å². The van der Waals surface area contributed by atoms with Crippen molar-refractivity contribution in [3.63, 3.8) is 0 Å². The smallest absolute Gasteiger partial charge is 0.226 e. The maximum atomic E-state index is 9.90. The number of halogens is 1. The van der Waals surface area contributed by atoms with Crippen molar-refractivity contribution in [1.82, 2.24) is 9.78 Å². The number of hydrogen-bond acceptors (Lipinski definition) is 5. The molecule has 0 bridgehead atoms. The Labute approximate surface area is 164 Å². The van der Waals surface area contributed by atoms with Crippen molar-refractivity contribution >= 4 is 21.5 Å². The van der Waals surface area contributed by atoms with Gasteiger partial charge >= 0.3 is 0 Å². The molecule has 1 aliphatic rings. The van der Waals surface area contributed by atoms with E-state index in [9.17, 15) is 10.4 Å². The molecule has 4 rings (SSSR count). The molecule has 1 aromatic heterocycles. The quantitative estimate of drug-likeness (QED) is 0.656. The summed E-state index contributed by atoms with van der Waals surface area (Å²) in [6.45, 7) is 1.85. The lowest BCUT2D eigenvalue weighted by molar-refractivity contribution is 0.228. The molecular weight excluding hydrogens is 408 g/mol. The second-order valence-electron chi connectivity index (χ2n) is 6.14. The van der Waals surface area contributed by atoms with Gasteiger partial charge in [-0.25, -0.2) is 4.68 Å². The van der Waals surface area contributed by atoms with Crippen molar-refractivity contribution in [3.8, 4) is 23.4 Å². The van der Waals surface area contributed by atoms with E-state index in [0.717, 1.165) is 10.2 Å². The average Bonchev–Trinajstić information content (AvgIpc) is 2.97. The van der Waals surface area contributed by atoms with E-state index in [-0.39, 0.29) is 5.75 Å². The third kappa shape index (κ3) is 2.89. The highest BCUT2D eigenvalue weighted by Crippen LogP contribution is 2.42. The number of nitrogens with two attached hydrogens (primary N) is 1. The van der Waals surface area contributed by atoms with Crippen LogP contribution in [0.15, 0.2) is 58.6 Å². The number of hydrogen-bond donors (Lipinski definition) is 2. The summed E-state index contributed by atoms with van der Waals surface area (Å²) in [4.78, 5) is 0. The largest absolute Gasteiger partial charge is 0.508 e. The van der Waals surface area contributed by atoms with Gasteiger partial charge in [-0.2, -0.15) is 10.4 Å². The lowest BCUT2D eigenvalue weighted by Crippen LogP contribution is -2.33. The van der Waals surface area contributed by atoms with Gasteiger partial charge in [-0.05, 0) is 48.9 Å². The second kappa shape index (κ2) is 6.58. The van der Waals surface area contributed by atoms with Crippen LogP contribution in [0.1, 0.15) is 16.8 Å². The Bertz CT molecular complexity index is 1110. The summed E-state index contributed by atoms with van der Waals surface area (Å²) in [6.07, 6.45) is -0.926. The molecule has 1 atom stereocenters. The normalized spacial score (nSPS) is 15.9. The fourth-order valence-electron chi connectivity index (χ4n) is 3.20. The Morgan fingerprint density at radius 1 is 1.26 bits per heavy atom. The molecule has 27 heavy (non-hydrogen) atoms. The minimum atomic E-state index is -0.926. The number of fused-ring (bicyclic) bond motifs is 1. The van der Waals surface area contributed by atoms with Crippen LogP contribution in [0, 0.1) is 18.3 Å². The highest BCUT2D eigenvalue weighted by Gasteiger charge is 2.33. The van der Waals surface area contributed by atoms with Crippen molar-refractivity contribution in [3.05, 3.63) is 75.4 Å². The number of phenols is 1. The number of aromatic hydroxyl groups is 1.